The molecule has 11 heteroatoms. The molecule has 5 nitrogen and oxygen atoms in total. The van der Waals surface area contributed by atoms with Crippen molar-refractivity contribution in [3.8, 4) is 28.3 Å². The molecule has 0 fully saturated rings. The fourth-order valence-corrected chi connectivity index (χ4v) is 6.96. The van der Waals surface area contributed by atoms with Gasteiger partial charge in [-0.05, 0) is 95.1 Å². The molecule has 0 saturated heterocycles. The molecule has 2 heterocycles. The lowest BCUT2D eigenvalue weighted by Crippen LogP contribution is -2.24. The number of aromatic nitrogens is 2. The average Bonchev–Trinajstić information content (AvgIpc) is 3.33. The highest BCUT2D eigenvalue weighted by Crippen LogP contribution is 2.38. The van der Waals surface area contributed by atoms with Crippen LogP contribution >= 0.6 is 0 Å². The third-order valence-corrected chi connectivity index (χ3v) is 10.1. The van der Waals surface area contributed by atoms with Crippen LogP contribution in [-0.2, 0) is 31.9 Å². The number of fused-ring (bicyclic) bond motifs is 1. The van der Waals surface area contributed by atoms with Crippen molar-refractivity contribution >= 4 is 16.5 Å². The first kappa shape index (κ1) is 46.5. The van der Waals surface area contributed by atoms with Gasteiger partial charge in [0.25, 0.3) is 0 Å². The zero-order valence-electron chi connectivity index (χ0n) is 35.6. The van der Waals surface area contributed by atoms with Gasteiger partial charge in [0.1, 0.15) is 5.75 Å². The Morgan fingerprint density at radius 1 is 0.547 bits per heavy atom. The van der Waals surface area contributed by atoms with Crippen molar-refractivity contribution in [3.63, 3.8) is 0 Å². The molecule has 2 aromatic heterocycles. The third-order valence-electron chi connectivity index (χ3n) is 10.1. The van der Waals surface area contributed by atoms with Crippen LogP contribution in [0.1, 0.15) is 53.5 Å². The Bertz CT molecular complexity index is 2650. The molecule has 328 valence electrons. The van der Waals surface area contributed by atoms with E-state index in [2.05, 4.69) is 137 Å². The SMILES string of the molecule is CC.COc1ccc(-c2cccc(CNc3cc(C(F)(F)F)cc(C(F)(F)F)c3)n2)cc1.c1ccc(CNC(Cc2ccccc2)c2cccc(-c3cccc4ccccc34)n2)cc1. The monoisotopic (exact) mass is 870 g/mol. The van der Waals surface area contributed by atoms with E-state index in [1.165, 1.54) is 34.6 Å². The van der Waals surface area contributed by atoms with Gasteiger partial charge in [-0.2, -0.15) is 26.3 Å². The second-order valence-electron chi connectivity index (χ2n) is 14.5. The molecule has 0 aliphatic rings. The number of pyridine rings is 2. The molecule has 0 saturated carbocycles. The first-order chi connectivity index (χ1) is 30.9. The minimum atomic E-state index is -4.90. The summed E-state index contributed by atoms with van der Waals surface area (Å²) in [4.78, 5) is 9.55. The molecule has 0 aliphatic carbocycles. The van der Waals surface area contributed by atoms with Gasteiger partial charge in [-0.3, -0.25) is 9.97 Å². The number of ether oxygens (including phenoxy) is 1. The highest BCUT2D eigenvalue weighted by molar-refractivity contribution is 5.95. The summed E-state index contributed by atoms with van der Waals surface area (Å²) in [5, 5.41) is 8.82. The minimum Gasteiger partial charge on any atom is -0.497 e. The van der Waals surface area contributed by atoms with E-state index in [1.54, 1.807) is 42.5 Å². The normalized spacial score (nSPS) is 11.7. The summed E-state index contributed by atoms with van der Waals surface area (Å²) in [7, 11) is 1.54. The van der Waals surface area contributed by atoms with Gasteiger partial charge < -0.3 is 15.4 Å². The maximum Gasteiger partial charge on any atom is 0.416 e. The maximum absolute atomic E-state index is 13.0. The van der Waals surface area contributed by atoms with Gasteiger partial charge >= 0.3 is 12.4 Å². The Morgan fingerprint density at radius 3 is 1.78 bits per heavy atom. The number of methoxy groups -OCH3 is 1. The van der Waals surface area contributed by atoms with Crippen LogP contribution in [0.15, 0.2) is 182 Å². The number of halogens is 6. The second-order valence-corrected chi connectivity index (χ2v) is 14.5. The molecule has 0 spiro atoms. The summed E-state index contributed by atoms with van der Waals surface area (Å²) < 4.78 is 83.0. The first-order valence-electron chi connectivity index (χ1n) is 20.8. The maximum atomic E-state index is 13.0. The molecule has 0 aliphatic heterocycles. The zero-order chi connectivity index (χ0) is 45.5. The van der Waals surface area contributed by atoms with Crippen LogP contribution in [0, 0.1) is 0 Å². The molecule has 0 bridgehead atoms. The molecule has 0 amide bonds. The topological polar surface area (TPSA) is 59.1 Å². The number of nitrogens with one attached hydrogen (secondary N) is 2. The zero-order valence-corrected chi connectivity index (χ0v) is 35.6. The van der Waals surface area contributed by atoms with E-state index in [1.807, 2.05) is 13.8 Å². The summed E-state index contributed by atoms with van der Waals surface area (Å²) in [5.74, 6) is 0.668. The summed E-state index contributed by atoms with van der Waals surface area (Å²) in [5.41, 5.74) is 4.63. The number of alkyl halides is 6. The van der Waals surface area contributed by atoms with Gasteiger partial charge in [0.05, 0.1) is 53.6 Å². The standard InChI is InChI=1S/C30H26N2.C21H16F6N2O.C2H6/c1-3-11-23(12-4-1)21-30(31-22-24-13-5-2-6-14-24)29-20-10-19-28(32-29)27-18-9-16-25-15-7-8-17-26(25)27;1-30-18-7-5-13(6-8-18)19-4-2-3-16(29-19)12-28-17-10-14(20(22,23)24)9-15(11-17)21(25,26)27;1-2/h1-20,30-31H,21-22H2;2-11,28H,12H2,1H3;1-2H3. The largest absolute Gasteiger partial charge is 0.497 e. The van der Waals surface area contributed by atoms with Crippen LogP contribution in [-0.4, -0.2) is 17.1 Å². The van der Waals surface area contributed by atoms with E-state index < -0.39 is 23.5 Å². The Labute approximate surface area is 369 Å². The minimum absolute atomic E-state index is 0.0530. The van der Waals surface area contributed by atoms with Crippen LogP contribution < -0.4 is 15.4 Å². The van der Waals surface area contributed by atoms with Gasteiger partial charge in [0, 0.05) is 23.4 Å². The van der Waals surface area contributed by atoms with Crippen molar-refractivity contribution in [3.05, 3.63) is 216 Å². The lowest BCUT2D eigenvalue weighted by atomic mass is 9.99. The van der Waals surface area contributed by atoms with E-state index in [-0.39, 0.29) is 24.3 Å². The number of benzene rings is 6. The van der Waals surface area contributed by atoms with Crippen molar-refractivity contribution in [1.29, 1.82) is 0 Å². The van der Waals surface area contributed by atoms with Gasteiger partial charge in [-0.25, -0.2) is 0 Å². The molecule has 64 heavy (non-hydrogen) atoms. The van der Waals surface area contributed by atoms with Crippen molar-refractivity contribution in [2.45, 2.75) is 51.8 Å². The highest BCUT2D eigenvalue weighted by Gasteiger charge is 2.37. The van der Waals surface area contributed by atoms with E-state index in [0.717, 1.165) is 29.9 Å². The molecule has 1 atom stereocenters. The van der Waals surface area contributed by atoms with Crippen molar-refractivity contribution in [2.24, 2.45) is 0 Å². The third kappa shape index (κ3) is 12.8. The quantitative estimate of drug-likeness (QED) is 0.120. The van der Waals surface area contributed by atoms with E-state index in [9.17, 15) is 26.3 Å². The number of hydrogen-bond acceptors (Lipinski definition) is 5. The van der Waals surface area contributed by atoms with Gasteiger partial charge in [0.15, 0.2) is 0 Å². The highest BCUT2D eigenvalue weighted by atomic mass is 19.4. The predicted molar refractivity (Wildman–Crippen MR) is 245 cm³/mol. The fraction of sp³-hybridized carbons (Fsp3) is 0.170. The molecule has 2 N–H and O–H groups in total. The molecule has 1 unspecified atom stereocenters. The summed E-state index contributed by atoms with van der Waals surface area (Å²) in [6.45, 7) is 4.75. The summed E-state index contributed by atoms with van der Waals surface area (Å²) >= 11 is 0. The molecule has 8 rings (SSSR count). The molecule has 6 aromatic carbocycles. The smallest absolute Gasteiger partial charge is 0.416 e. The lowest BCUT2D eigenvalue weighted by Gasteiger charge is -2.20. The van der Waals surface area contributed by atoms with Crippen molar-refractivity contribution in [1.82, 2.24) is 15.3 Å². The van der Waals surface area contributed by atoms with Crippen LogP contribution in [0.25, 0.3) is 33.3 Å². The van der Waals surface area contributed by atoms with Gasteiger partial charge in [-0.1, -0.05) is 129 Å². The summed E-state index contributed by atoms with van der Waals surface area (Å²) in [6, 6.07) is 56.2. The van der Waals surface area contributed by atoms with E-state index in [0.29, 0.717) is 29.3 Å². The average molecular weight is 871 g/mol. The Hall–Kier alpha value is -6.98. The van der Waals surface area contributed by atoms with E-state index in [4.69, 9.17) is 9.72 Å². The molecular formula is C53H48F6N4O. The van der Waals surface area contributed by atoms with Gasteiger partial charge in [0.2, 0.25) is 0 Å². The van der Waals surface area contributed by atoms with Gasteiger partial charge in [-0.15, -0.1) is 0 Å². The lowest BCUT2D eigenvalue weighted by molar-refractivity contribution is -0.143. The fourth-order valence-electron chi connectivity index (χ4n) is 6.96. The van der Waals surface area contributed by atoms with Crippen LogP contribution in [0.5, 0.6) is 5.75 Å². The number of hydrogen-bond donors (Lipinski definition) is 2. The number of nitrogens with zero attached hydrogens (tertiary/aromatic N) is 2. The van der Waals surface area contributed by atoms with Crippen molar-refractivity contribution < 1.29 is 31.1 Å². The summed E-state index contributed by atoms with van der Waals surface area (Å²) in [6.07, 6.45) is -8.91. The number of rotatable bonds is 12. The first-order valence-corrected chi connectivity index (χ1v) is 20.8. The predicted octanol–water partition coefficient (Wildman–Crippen LogP) is 14.4. The number of anilines is 1. The second kappa shape index (κ2) is 21.9. The van der Waals surface area contributed by atoms with E-state index >= 15 is 0 Å². The van der Waals surface area contributed by atoms with Crippen LogP contribution in [0.2, 0.25) is 0 Å². The van der Waals surface area contributed by atoms with Crippen LogP contribution in [0.4, 0.5) is 32.0 Å². The Morgan fingerprint density at radius 2 is 1.12 bits per heavy atom. The van der Waals surface area contributed by atoms with Crippen LogP contribution in [0.3, 0.4) is 0 Å². The Balaban J connectivity index is 0.000000205. The molecule has 8 aromatic rings. The Kier molecular flexibility index (Phi) is 15.9. The van der Waals surface area contributed by atoms with Crippen molar-refractivity contribution in [2.75, 3.05) is 12.4 Å². The molecule has 0 radical (unpaired) electrons. The molecular weight excluding hydrogens is 823 g/mol.